The summed E-state index contributed by atoms with van der Waals surface area (Å²) in [6, 6.07) is 12.8. The number of nitrogens with one attached hydrogen (secondary N) is 1. The van der Waals surface area contributed by atoms with E-state index >= 15 is 0 Å². The van der Waals surface area contributed by atoms with Crippen LogP contribution in [0.3, 0.4) is 0 Å². The van der Waals surface area contributed by atoms with E-state index < -0.39 is 0 Å². The molecule has 0 fully saturated rings. The van der Waals surface area contributed by atoms with Gasteiger partial charge in [0.25, 0.3) is 0 Å². The summed E-state index contributed by atoms with van der Waals surface area (Å²) in [6.07, 6.45) is 4.08. The van der Waals surface area contributed by atoms with Crippen molar-refractivity contribution in [1.82, 2.24) is 4.72 Å². The Balaban J connectivity index is 2.41. The first-order valence-corrected chi connectivity index (χ1v) is 5.37. The van der Waals surface area contributed by atoms with E-state index in [-0.39, 0.29) is 0 Å². The minimum Gasteiger partial charge on any atom is -0.332 e. The number of rotatable bonds is 0. The van der Waals surface area contributed by atoms with Crippen molar-refractivity contribution in [2.24, 2.45) is 0 Å². The van der Waals surface area contributed by atoms with Crippen LogP contribution in [0, 0.1) is 0 Å². The molecule has 1 aliphatic heterocycles. The first-order chi connectivity index (χ1) is 6.95. The fourth-order valence-electron chi connectivity index (χ4n) is 1.72. The highest BCUT2D eigenvalue weighted by molar-refractivity contribution is 7.97. The second kappa shape index (κ2) is 3.07. The van der Waals surface area contributed by atoms with Crippen LogP contribution in [-0.2, 0) is 0 Å². The average Bonchev–Trinajstić information content (AvgIpc) is 2.29. The minimum absolute atomic E-state index is 1.30. The molecule has 0 atom stereocenters. The smallest absolute Gasteiger partial charge is 0.0436 e. The molecular weight excluding hydrogens is 190 g/mol. The first kappa shape index (κ1) is 7.94. The molecule has 1 N–H and O–H groups in total. The van der Waals surface area contributed by atoms with Gasteiger partial charge in [-0.3, -0.25) is 0 Å². The number of hydrogen-bond acceptors (Lipinski definition) is 2. The Hall–Kier alpha value is -1.41. The molecule has 1 nitrogen and oxygen atoms in total. The van der Waals surface area contributed by atoms with Crippen molar-refractivity contribution in [3.63, 3.8) is 0 Å². The molecule has 0 saturated heterocycles. The van der Waals surface area contributed by atoms with Crippen LogP contribution in [0.5, 0.6) is 0 Å². The molecule has 0 unspecified atom stereocenters. The number of benzene rings is 2. The maximum absolute atomic E-state index is 3.17. The molecule has 14 heavy (non-hydrogen) atoms. The number of hydrogen-bond donors (Lipinski definition) is 1. The fraction of sp³-hybridized carbons (Fsp3) is 0. The first-order valence-electron chi connectivity index (χ1n) is 4.56. The van der Waals surface area contributed by atoms with Crippen LogP contribution in [0.4, 0.5) is 0 Å². The largest absolute Gasteiger partial charge is 0.332 e. The van der Waals surface area contributed by atoms with E-state index in [0.29, 0.717) is 0 Å². The summed E-state index contributed by atoms with van der Waals surface area (Å²) in [5, 5.41) is 2.63. The lowest BCUT2D eigenvalue weighted by molar-refractivity contribution is 1.35. The quantitative estimate of drug-likeness (QED) is 0.652. The second-order valence-electron chi connectivity index (χ2n) is 3.26. The molecule has 68 valence electrons. The van der Waals surface area contributed by atoms with Crippen LogP contribution in [0.1, 0.15) is 5.56 Å². The zero-order valence-corrected chi connectivity index (χ0v) is 8.34. The zero-order valence-electron chi connectivity index (χ0n) is 7.53. The van der Waals surface area contributed by atoms with Crippen molar-refractivity contribution in [1.29, 1.82) is 0 Å². The molecule has 2 aromatic rings. The van der Waals surface area contributed by atoms with Crippen molar-refractivity contribution in [3.05, 3.63) is 48.2 Å². The van der Waals surface area contributed by atoms with Gasteiger partial charge in [-0.25, -0.2) is 0 Å². The Morgan fingerprint density at radius 2 is 1.93 bits per heavy atom. The highest BCUT2D eigenvalue weighted by Crippen LogP contribution is 2.32. The van der Waals surface area contributed by atoms with Gasteiger partial charge in [-0.2, -0.15) is 0 Å². The van der Waals surface area contributed by atoms with Crippen LogP contribution in [0.2, 0.25) is 0 Å². The summed E-state index contributed by atoms with van der Waals surface area (Å²) >= 11 is 1.68. The van der Waals surface area contributed by atoms with Gasteiger partial charge in [-0.1, -0.05) is 36.4 Å². The highest BCUT2D eigenvalue weighted by Gasteiger charge is 2.08. The summed E-state index contributed by atoms with van der Waals surface area (Å²) in [4.78, 5) is 1.32. The van der Waals surface area contributed by atoms with Crippen LogP contribution < -0.4 is 4.72 Å². The van der Waals surface area contributed by atoms with Crippen molar-refractivity contribution in [2.45, 2.75) is 4.90 Å². The van der Waals surface area contributed by atoms with E-state index in [2.05, 4.69) is 47.2 Å². The Bertz CT molecular complexity index is 517. The molecule has 0 amide bonds. The number of fused-ring (bicyclic) bond motifs is 3. The third-order valence-corrected chi connectivity index (χ3v) is 3.32. The van der Waals surface area contributed by atoms with Crippen molar-refractivity contribution in [3.8, 4) is 0 Å². The van der Waals surface area contributed by atoms with E-state index in [1.54, 1.807) is 11.9 Å². The van der Waals surface area contributed by atoms with Crippen molar-refractivity contribution >= 4 is 28.8 Å². The van der Waals surface area contributed by atoms with Gasteiger partial charge in [0.05, 0.1) is 0 Å². The lowest BCUT2D eigenvalue weighted by atomic mass is 10.1. The van der Waals surface area contributed by atoms with Gasteiger partial charge in [0, 0.05) is 11.1 Å². The summed E-state index contributed by atoms with van der Waals surface area (Å²) in [5.41, 5.74) is 1.30. The summed E-state index contributed by atoms with van der Waals surface area (Å²) < 4.78 is 3.17. The van der Waals surface area contributed by atoms with E-state index in [0.717, 1.165) is 0 Å². The van der Waals surface area contributed by atoms with Gasteiger partial charge in [-0.15, -0.1) is 0 Å². The molecule has 3 rings (SSSR count). The molecule has 0 spiro atoms. The minimum atomic E-state index is 1.30. The van der Waals surface area contributed by atoms with Crippen LogP contribution in [-0.4, -0.2) is 0 Å². The molecule has 0 aromatic heterocycles. The predicted molar refractivity (Wildman–Crippen MR) is 62.0 cm³/mol. The third-order valence-electron chi connectivity index (χ3n) is 2.40. The molecular formula is C12H9NS. The lowest BCUT2D eigenvalue weighted by Crippen LogP contribution is -1.98. The molecule has 0 saturated carbocycles. The van der Waals surface area contributed by atoms with E-state index in [1.807, 2.05) is 6.20 Å². The van der Waals surface area contributed by atoms with Crippen LogP contribution >= 0.6 is 11.9 Å². The molecule has 2 aromatic carbocycles. The molecule has 0 aliphatic carbocycles. The summed E-state index contributed by atoms with van der Waals surface area (Å²) in [7, 11) is 0. The monoisotopic (exact) mass is 199 g/mol. The van der Waals surface area contributed by atoms with E-state index in [1.165, 1.54) is 21.2 Å². The Morgan fingerprint density at radius 1 is 1.00 bits per heavy atom. The Morgan fingerprint density at radius 3 is 2.93 bits per heavy atom. The normalized spacial score (nSPS) is 13.7. The third kappa shape index (κ3) is 1.11. The van der Waals surface area contributed by atoms with Gasteiger partial charge in [0.15, 0.2) is 0 Å². The second-order valence-corrected chi connectivity index (χ2v) is 4.11. The lowest BCUT2D eigenvalue weighted by Gasteiger charge is -2.13. The summed E-state index contributed by atoms with van der Waals surface area (Å²) in [5.74, 6) is 0. The van der Waals surface area contributed by atoms with Crippen LogP contribution in [0.25, 0.3) is 16.8 Å². The van der Waals surface area contributed by atoms with Gasteiger partial charge in [0.2, 0.25) is 0 Å². The zero-order chi connectivity index (χ0) is 9.38. The van der Waals surface area contributed by atoms with E-state index in [4.69, 9.17) is 0 Å². The predicted octanol–water partition coefficient (Wildman–Crippen LogP) is 3.42. The van der Waals surface area contributed by atoms with Gasteiger partial charge in [-0.05, 0) is 34.4 Å². The van der Waals surface area contributed by atoms with E-state index in [9.17, 15) is 0 Å². The van der Waals surface area contributed by atoms with Crippen molar-refractivity contribution < 1.29 is 0 Å². The molecule has 0 radical (unpaired) electrons. The average molecular weight is 199 g/mol. The fourth-order valence-corrected chi connectivity index (χ4v) is 2.53. The standard InChI is InChI=1S/C12H9NS/c1-2-4-11-9(3-1)5-6-10-7-8-13-14-12(10)11/h1-8,13H. The van der Waals surface area contributed by atoms with Gasteiger partial charge in [0.1, 0.15) is 0 Å². The Labute approximate surface area is 87.0 Å². The highest BCUT2D eigenvalue weighted by atomic mass is 32.2. The maximum atomic E-state index is 3.17. The molecule has 1 aliphatic rings. The van der Waals surface area contributed by atoms with Crippen molar-refractivity contribution in [2.75, 3.05) is 0 Å². The SMILES string of the molecule is C1=Cc2ccc3ccccc3c2SN1. The molecule has 0 bridgehead atoms. The molecule has 2 heteroatoms. The summed E-state index contributed by atoms with van der Waals surface area (Å²) in [6.45, 7) is 0. The molecule has 1 heterocycles. The van der Waals surface area contributed by atoms with Crippen LogP contribution in [0.15, 0.2) is 47.5 Å². The topological polar surface area (TPSA) is 12.0 Å². The van der Waals surface area contributed by atoms with Gasteiger partial charge >= 0.3 is 0 Å². The maximum Gasteiger partial charge on any atom is 0.0436 e. The van der Waals surface area contributed by atoms with Gasteiger partial charge < -0.3 is 4.72 Å². The Kier molecular flexibility index (Phi) is 1.74.